The molecule has 1 saturated carbocycles. The van der Waals surface area contributed by atoms with Gasteiger partial charge in [-0.15, -0.1) is 0 Å². The summed E-state index contributed by atoms with van der Waals surface area (Å²) in [6.45, 7) is 25.7. The molecule has 1 heterocycles. The van der Waals surface area contributed by atoms with Gasteiger partial charge in [-0.3, -0.25) is 52.7 Å². The number of aliphatic hydroxyl groups excluding tert-OH is 2. The van der Waals surface area contributed by atoms with Crippen molar-refractivity contribution in [1.82, 2.24) is 63.8 Å². The van der Waals surface area contributed by atoms with Crippen LogP contribution in [-0.4, -0.2) is 222 Å². The standard InChI is InChI=1S/C81H134N12O22/c1-18-25-56(88-65(99)30-31-66(100)111-54-28-23-20-24-29-54)64(98)46-55(49(4)94)69(102)89-57(34-39-84-75(108)113-79(9,10)11)62(96)44-52-32-37-82-73(106)67(50(5)95)93-68(101)53(33-38-83-74(107)112-78(6,7)8)45-63(97)58(35-40-85-76(109)114-80(12,13)14)90-71(104)60(42-48(2)3)91-72(105)61(43-51-26-21-19-22-27-51)92-70(103)59(87-47-52)36-41-86-77(110)115-81(15,16)17/h19,21-22,26-27,48-50,52-61,67,87,94-95H,18,20,23-25,28-47H2,1-17H3,(H,82,106)(H,83,107)(H,84,108)(H,85,109)(H,86,110)(H,88,99)(H,89,102)(H,90,104)(H,91,105)(H,92,103)(H,93,101)/t49?,50?,52-,53-,55+,56+,57+,58+,59+,60+,61-,67+/m1/s1. The minimum Gasteiger partial charge on any atom is -0.462 e. The molecule has 2 unspecified atom stereocenters. The highest BCUT2D eigenvalue weighted by atomic mass is 16.6. The molecule has 12 atom stereocenters. The second-order valence-electron chi connectivity index (χ2n) is 34.3. The third kappa shape index (κ3) is 42.4. The molecule has 1 aliphatic carbocycles. The molecule has 1 aromatic rings. The van der Waals surface area contributed by atoms with Crippen LogP contribution in [0.2, 0.25) is 0 Å². The van der Waals surface area contributed by atoms with Crippen molar-refractivity contribution in [3.05, 3.63) is 35.9 Å². The summed E-state index contributed by atoms with van der Waals surface area (Å²) in [5.74, 6) is -13.0. The normalized spacial score (nSPS) is 21.1. The lowest BCUT2D eigenvalue weighted by molar-refractivity contribution is -0.151. The van der Waals surface area contributed by atoms with E-state index in [0.717, 1.165) is 32.1 Å². The first kappa shape index (κ1) is 100. The second-order valence-corrected chi connectivity index (χ2v) is 34.3. The third-order valence-corrected chi connectivity index (χ3v) is 18.4. The maximum atomic E-state index is 15.3. The van der Waals surface area contributed by atoms with Gasteiger partial charge in [0.05, 0.1) is 48.7 Å². The van der Waals surface area contributed by atoms with Crippen molar-refractivity contribution in [2.45, 2.75) is 323 Å². The van der Waals surface area contributed by atoms with Crippen LogP contribution in [0.4, 0.5) is 19.2 Å². The van der Waals surface area contributed by atoms with Crippen molar-refractivity contribution in [1.29, 1.82) is 0 Å². The van der Waals surface area contributed by atoms with Crippen molar-refractivity contribution < 1.29 is 106 Å². The summed E-state index contributed by atoms with van der Waals surface area (Å²) in [7, 11) is 0. The van der Waals surface area contributed by atoms with Gasteiger partial charge in [0, 0.05) is 70.7 Å². The van der Waals surface area contributed by atoms with Gasteiger partial charge in [0.2, 0.25) is 41.4 Å². The molecule has 3 rings (SSSR count). The number of ketones is 3. The van der Waals surface area contributed by atoms with Crippen LogP contribution in [0.25, 0.3) is 0 Å². The molecular weight excluding hydrogens is 1490 g/mol. The van der Waals surface area contributed by atoms with E-state index in [4.69, 9.17) is 23.7 Å². The molecule has 0 spiro atoms. The third-order valence-electron chi connectivity index (χ3n) is 18.4. The predicted octanol–water partition coefficient (Wildman–Crippen LogP) is 5.27. The Bertz CT molecular complexity index is 3360. The quantitative estimate of drug-likeness (QED) is 0.0315. The number of amides is 11. The molecular formula is C81H134N12O22. The molecule has 1 saturated heterocycles. The Morgan fingerprint density at radius 1 is 0.539 bits per heavy atom. The van der Waals surface area contributed by atoms with Crippen LogP contribution in [0.1, 0.15) is 239 Å². The summed E-state index contributed by atoms with van der Waals surface area (Å²) in [6, 6.07) is -1.64. The second kappa shape index (κ2) is 49.1. The number of aliphatic hydroxyl groups is 2. The maximum absolute atomic E-state index is 15.3. The number of nitrogens with one attached hydrogen (secondary N) is 12. The Labute approximate surface area is 677 Å². The SMILES string of the molecule is CCC[C@H](NC(=O)CCC(=O)OC1CCCCC1)C(=O)C[C@H](C(=O)N[C@@H](CCNC(=O)OC(C)(C)C)C(=O)C[C@H]1CCNC(=O)[C@H](C(C)O)NC(=O)[C@H](CCNC(=O)OC(C)(C)C)CC(=O)[C@H](CCNC(=O)OC(C)(C)C)NC(=O)[C@H](CC(C)C)NC(=O)[C@@H](Cc2ccccc2)NC(=O)[C@H](CCNC(=O)OC(C)(C)C)NC1)C(C)O. The first-order chi connectivity index (χ1) is 53.6. The fraction of sp³-hybridized carbons (Fsp3) is 0.741. The molecule has 650 valence electrons. The van der Waals surface area contributed by atoms with Crippen LogP contribution >= 0.6 is 0 Å². The predicted molar refractivity (Wildman–Crippen MR) is 426 cm³/mol. The Morgan fingerprint density at radius 3 is 1.56 bits per heavy atom. The van der Waals surface area contributed by atoms with E-state index < -0.39 is 203 Å². The molecule has 1 aliphatic heterocycles. The van der Waals surface area contributed by atoms with Gasteiger partial charge < -0.3 is 97.7 Å². The van der Waals surface area contributed by atoms with E-state index >= 15 is 14.4 Å². The zero-order valence-electron chi connectivity index (χ0n) is 70.7. The Kier molecular flexibility index (Phi) is 42.8. The smallest absolute Gasteiger partial charge is 0.407 e. The fourth-order valence-electron chi connectivity index (χ4n) is 12.6. The summed E-state index contributed by atoms with van der Waals surface area (Å²) in [5, 5.41) is 55.1. The zero-order valence-corrected chi connectivity index (χ0v) is 70.7. The van der Waals surface area contributed by atoms with E-state index in [0.29, 0.717) is 12.0 Å². The van der Waals surface area contributed by atoms with Gasteiger partial charge in [0.25, 0.3) is 0 Å². The van der Waals surface area contributed by atoms with Crippen LogP contribution in [-0.2, 0) is 82.8 Å². The number of alkyl carbamates (subject to hydrolysis) is 4. The average molecular weight is 1630 g/mol. The zero-order chi connectivity index (χ0) is 86.6. The molecule has 0 aromatic heterocycles. The first-order valence-electron chi connectivity index (χ1n) is 40.5. The van der Waals surface area contributed by atoms with Crippen LogP contribution in [0.5, 0.6) is 0 Å². The van der Waals surface area contributed by atoms with Crippen LogP contribution in [0.3, 0.4) is 0 Å². The topological polar surface area (TPSA) is 487 Å². The van der Waals surface area contributed by atoms with Gasteiger partial charge in [-0.2, -0.15) is 0 Å². The molecule has 0 radical (unpaired) electrons. The Morgan fingerprint density at radius 2 is 1.03 bits per heavy atom. The minimum atomic E-state index is -1.76. The van der Waals surface area contributed by atoms with E-state index in [1.165, 1.54) is 13.8 Å². The molecule has 14 N–H and O–H groups in total. The summed E-state index contributed by atoms with van der Waals surface area (Å²) in [5.41, 5.74) is -3.24. The Balaban J connectivity index is 2.30. The number of carbonyl (C=O) groups is 15. The van der Waals surface area contributed by atoms with Gasteiger partial charge >= 0.3 is 30.3 Å². The van der Waals surface area contributed by atoms with Gasteiger partial charge in [0.15, 0.2) is 17.3 Å². The van der Waals surface area contributed by atoms with E-state index in [-0.39, 0.29) is 115 Å². The number of esters is 1. The molecule has 0 bridgehead atoms. The molecule has 11 amide bonds. The molecule has 2 aliphatic rings. The summed E-state index contributed by atoms with van der Waals surface area (Å²) in [6.07, 6.45) is -5.88. The highest BCUT2D eigenvalue weighted by Gasteiger charge is 2.39. The highest BCUT2D eigenvalue weighted by Crippen LogP contribution is 2.23. The lowest BCUT2D eigenvalue weighted by atomic mass is 9.90. The number of benzene rings is 1. The van der Waals surface area contributed by atoms with E-state index in [2.05, 4.69) is 63.8 Å². The van der Waals surface area contributed by atoms with Gasteiger partial charge in [-0.1, -0.05) is 63.9 Å². The molecule has 115 heavy (non-hydrogen) atoms. The van der Waals surface area contributed by atoms with Gasteiger partial charge in [-0.05, 0) is 192 Å². The van der Waals surface area contributed by atoms with Crippen LogP contribution in [0, 0.1) is 23.7 Å². The lowest BCUT2D eigenvalue weighted by Gasteiger charge is -2.29. The number of rotatable bonds is 33. The van der Waals surface area contributed by atoms with Crippen molar-refractivity contribution in [3.8, 4) is 0 Å². The molecule has 1 aromatic carbocycles. The maximum Gasteiger partial charge on any atom is 0.407 e. The summed E-state index contributed by atoms with van der Waals surface area (Å²) in [4.78, 5) is 212. The summed E-state index contributed by atoms with van der Waals surface area (Å²) < 4.78 is 27.3. The average Bonchev–Trinajstić information content (AvgIpc) is 1.18. The molecule has 34 heteroatoms. The van der Waals surface area contributed by atoms with E-state index in [1.807, 2.05) is 0 Å². The minimum absolute atomic E-state index is 0.0415. The van der Waals surface area contributed by atoms with Crippen molar-refractivity contribution >= 4 is 89.0 Å². The van der Waals surface area contributed by atoms with E-state index in [1.54, 1.807) is 134 Å². The molecule has 2 fully saturated rings. The number of Topliss-reactive ketones (excluding diaryl/α,β-unsaturated/α-hetero) is 3. The largest absolute Gasteiger partial charge is 0.462 e. The number of carbonyl (C=O) groups excluding carboxylic acids is 15. The van der Waals surface area contributed by atoms with Crippen molar-refractivity contribution in [2.75, 3.05) is 39.3 Å². The fourth-order valence-corrected chi connectivity index (χ4v) is 12.6. The van der Waals surface area contributed by atoms with Gasteiger partial charge in [0.1, 0.15) is 46.6 Å². The van der Waals surface area contributed by atoms with Crippen LogP contribution < -0.4 is 63.8 Å². The summed E-state index contributed by atoms with van der Waals surface area (Å²) >= 11 is 0. The van der Waals surface area contributed by atoms with Gasteiger partial charge in [-0.25, -0.2) is 19.2 Å². The van der Waals surface area contributed by atoms with E-state index in [9.17, 15) is 67.7 Å². The van der Waals surface area contributed by atoms with Crippen LogP contribution in [0.15, 0.2) is 30.3 Å². The van der Waals surface area contributed by atoms with Crippen molar-refractivity contribution in [3.63, 3.8) is 0 Å². The number of hydrogen-bond donors (Lipinski definition) is 14. The lowest BCUT2D eigenvalue weighted by Crippen LogP contribution is -2.58. The first-order valence-corrected chi connectivity index (χ1v) is 40.5. The molecule has 34 nitrogen and oxygen atoms in total. The highest BCUT2D eigenvalue weighted by molar-refractivity contribution is 5.98. The number of ether oxygens (including phenoxy) is 5. The number of hydrogen-bond acceptors (Lipinski definition) is 23. The monoisotopic (exact) mass is 1630 g/mol. The Hall–Kier alpha value is -9.05. The van der Waals surface area contributed by atoms with Crippen molar-refractivity contribution in [2.24, 2.45) is 23.7 Å².